The molecule has 33 heavy (non-hydrogen) atoms. The first-order valence-corrected chi connectivity index (χ1v) is 11.0. The zero-order valence-electron chi connectivity index (χ0n) is 19.1. The Morgan fingerprint density at radius 3 is 2.21 bits per heavy atom. The quantitative estimate of drug-likeness (QED) is 0.521. The molecule has 0 saturated carbocycles. The SMILES string of the molecule is C1CCNC1.COc1cc(-c2ccc(C#N)cc2)c(-c2ccc(C)cc2)n2c(=O)n(C)nc12. The molecule has 0 spiro atoms. The predicted octanol–water partition coefficient (Wildman–Crippen LogP) is 3.93. The molecule has 0 atom stereocenters. The Balaban J connectivity index is 0.000000459. The summed E-state index contributed by atoms with van der Waals surface area (Å²) in [5, 5.41) is 16.7. The van der Waals surface area contributed by atoms with Crippen LogP contribution in [0.1, 0.15) is 24.0 Å². The maximum Gasteiger partial charge on any atom is 0.350 e. The minimum Gasteiger partial charge on any atom is -0.493 e. The van der Waals surface area contributed by atoms with Gasteiger partial charge in [-0.3, -0.25) is 0 Å². The van der Waals surface area contributed by atoms with Gasteiger partial charge in [0.05, 0.1) is 24.4 Å². The van der Waals surface area contributed by atoms with Gasteiger partial charge in [-0.1, -0.05) is 42.0 Å². The van der Waals surface area contributed by atoms with Crippen LogP contribution in [0.3, 0.4) is 0 Å². The summed E-state index contributed by atoms with van der Waals surface area (Å²) in [4.78, 5) is 12.9. The normalized spacial score (nSPS) is 12.8. The lowest BCUT2D eigenvalue weighted by molar-refractivity contribution is 0.417. The molecule has 7 heteroatoms. The van der Waals surface area contributed by atoms with Crippen molar-refractivity contribution in [1.29, 1.82) is 5.26 Å². The number of hydrogen-bond acceptors (Lipinski definition) is 5. The maximum absolute atomic E-state index is 12.9. The average Bonchev–Trinajstić information content (AvgIpc) is 3.52. The van der Waals surface area contributed by atoms with Crippen molar-refractivity contribution in [2.45, 2.75) is 19.8 Å². The molecular weight excluding hydrogens is 414 g/mol. The maximum atomic E-state index is 12.9. The summed E-state index contributed by atoms with van der Waals surface area (Å²) in [5.74, 6) is 0.507. The van der Waals surface area contributed by atoms with Crippen LogP contribution in [0.25, 0.3) is 28.0 Å². The molecule has 5 rings (SSSR count). The largest absolute Gasteiger partial charge is 0.493 e. The molecule has 1 aliphatic heterocycles. The Hall–Kier alpha value is -3.89. The van der Waals surface area contributed by atoms with E-state index in [1.54, 1.807) is 30.7 Å². The molecule has 0 unspecified atom stereocenters. The smallest absolute Gasteiger partial charge is 0.350 e. The van der Waals surface area contributed by atoms with Gasteiger partial charge in [0.15, 0.2) is 5.75 Å². The van der Waals surface area contributed by atoms with E-state index in [1.807, 2.05) is 49.4 Å². The van der Waals surface area contributed by atoms with Crippen molar-refractivity contribution in [2.75, 3.05) is 20.2 Å². The number of nitrogens with one attached hydrogen (secondary N) is 1. The summed E-state index contributed by atoms with van der Waals surface area (Å²) in [6.07, 6.45) is 2.78. The second-order valence-corrected chi connectivity index (χ2v) is 8.05. The number of benzene rings is 2. The zero-order chi connectivity index (χ0) is 23.4. The van der Waals surface area contributed by atoms with Gasteiger partial charge in [-0.2, -0.15) is 5.26 Å². The van der Waals surface area contributed by atoms with Crippen LogP contribution in [0.15, 0.2) is 59.4 Å². The Labute approximate surface area is 192 Å². The first-order valence-electron chi connectivity index (χ1n) is 11.0. The van der Waals surface area contributed by atoms with E-state index in [9.17, 15) is 4.79 Å². The lowest BCUT2D eigenvalue weighted by Crippen LogP contribution is -2.19. The van der Waals surface area contributed by atoms with Crippen molar-refractivity contribution in [3.05, 3.63) is 76.2 Å². The molecule has 1 fully saturated rings. The summed E-state index contributed by atoms with van der Waals surface area (Å²) >= 11 is 0. The van der Waals surface area contributed by atoms with E-state index in [4.69, 9.17) is 10.00 Å². The Bertz CT molecular complexity index is 1350. The molecule has 1 saturated heterocycles. The first-order chi connectivity index (χ1) is 16.0. The molecule has 1 aliphatic rings. The third-order valence-electron chi connectivity index (χ3n) is 5.73. The number of aromatic nitrogens is 3. The molecule has 0 amide bonds. The molecule has 2 aromatic carbocycles. The Morgan fingerprint density at radius 2 is 1.67 bits per heavy atom. The van der Waals surface area contributed by atoms with Gasteiger partial charge in [0.2, 0.25) is 5.65 Å². The summed E-state index contributed by atoms with van der Waals surface area (Å²) in [6, 6.07) is 19.3. The fourth-order valence-electron chi connectivity index (χ4n) is 3.93. The van der Waals surface area contributed by atoms with Gasteiger partial charge in [0, 0.05) is 12.6 Å². The van der Waals surface area contributed by atoms with Gasteiger partial charge >= 0.3 is 5.69 Å². The molecule has 3 heterocycles. The van der Waals surface area contributed by atoms with Crippen LogP contribution in [-0.2, 0) is 7.05 Å². The van der Waals surface area contributed by atoms with Crippen LogP contribution in [0.5, 0.6) is 5.75 Å². The van der Waals surface area contributed by atoms with Gasteiger partial charge < -0.3 is 10.1 Å². The molecule has 0 bridgehead atoms. The molecular formula is C26H27N5O2. The van der Waals surface area contributed by atoms with Crippen LogP contribution in [0.4, 0.5) is 0 Å². The predicted molar refractivity (Wildman–Crippen MR) is 129 cm³/mol. The third kappa shape index (κ3) is 4.52. The molecule has 4 aromatic rings. The van der Waals surface area contributed by atoms with Crippen molar-refractivity contribution in [2.24, 2.45) is 7.05 Å². The van der Waals surface area contributed by atoms with Gasteiger partial charge in [0.25, 0.3) is 0 Å². The minimum absolute atomic E-state index is 0.251. The van der Waals surface area contributed by atoms with Crippen LogP contribution < -0.4 is 15.7 Å². The van der Waals surface area contributed by atoms with E-state index in [-0.39, 0.29) is 5.69 Å². The van der Waals surface area contributed by atoms with Crippen LogP contribution in [0.2, 0.25) is 0 Å². The monoisotopic (exact) mass is 441 g/mol. The number of ether oxygens (including phenoxy) is 1. The fourth-order valence-corrected chi connectivity index (χ4v) is 3.93. The third-order valence-corrected chi connectivity index (χ3v) is 5.73. The van der Waals surface area contributed by atoms with Crippen LogP contribution >= 0.6 is 0 Å². The van der Waals surface area contributed by atoms with E-state index >= 15 is 0 Å². The van der Waals surface area contributed by atoms with E-state index < -0.39 is 0 Å². The van der Waals surface area contributed by atoms with Crippen molar-refractivity contribution in [3.8, 4) is 34.2 Å². The van der Waals surface area contributed by atoms with E-state index in [0.29, 0.717) is 17.0 Å². The van der Waals surface area contributed by atoms with Gasteiger partial charge in [-0.05, 0) is 62.2 Å². The number of hydrogen-bond donors (Lipinski definition) is 1. The van der Waals surface area contributed by atoms with Crippen molar-refractivity contribution in [3.63, 3.8) is 0 Å². The zero-order valence-corrected chi connectivity index (χ0v) is 19.1. The number of nitriles is 1. The summed E-state index contributed by atoms with van der Waals surface area (Å²) < 4.78 is 8.41. The van der Waals surface area contributed by atoms with Crippen molar-refractivity contribution in [1.82, 2.24) is 19.5 Å². The van der Waals surface area contributed by atoms with E-state index in [2.05, 4.69) is 16.5 Å². The first kappa shape index (κ1) is 22.3. The van der Waals surface area contributed by atoms with Crippen LogP contribution in [-0.4, -0.2) is 34.4 Å². The molecule has 0 radical (unpaired) electrons. The van der Waals surface area contributed by atoms with Gasteiger partial charge in [-0.25, -0.2) is 13.9 Å². The van der Waals surface area contributed by atoms with Crippen LogP contribution in [0, 0.1) is 18.3 Å². The lowest BCUT2D eigenvalue weighted by atomic mass is 9.97. The molecule has 1 N–H and O–H groups in total. The molecule has 7 nitrogen and oxygen atoms in total. The number of fused-ring (bicyclic) bond motifs is 1. The topological polar surface area (TPSA) is 84.4 Å². The summed E-state index contributed by atoms with van der Waals surface area (Å²) in [7, 11) is 3.18. The standard InChI is InChI=1S/C22H18N4O2.C4H9N/c1-14-4-8-17(9-5-14)20-18(16-10-6-15(13-23)7-11-16)12-19(28-3)21-24-25(2)22(27)26(20)21;1-2-4-5-3-1/h4-12H,1-3H3;5H,1-4H2. The number of pyridine rings is 1. The number of nitrogens with zero attached hydrogens (tertiary/aromatic N) is 4. The minimum atomic E-state index is -0.251. The molecule has 0 aliphatic carbocycles. The Morgan fingerprint density at radius 1 is 1.03 bits per heavy atom. The number of aryl methyl sites for hydroxylation is 2. The average molecular weight is 442 g/mol. The van der Waals surface area contributed by atoms with E-state index in [0.717, 1.165) is 27.9 Å². The van der Waals surface area contributed by atoms with Gasteiger partial charge in [-0.15, -0.1) is 5.10 Å². The number of rotatable bonds is 3. The van der Waals surface area contributed by atoms with Crippen molar-refractivity contribution < 1.29 is 4.74 Å². The Kier molecular flexibility index (Phi) is 6.57. The lowest BCUT2D eigenvalue weighted by Gasteiger charge is -2.15. The van der Waals surface area contributed by atoms with E-state index in [1.165, 1.54) is 30.6 Å². The number of methoxy groups -OCH3 is 1. The second kappa shape index (κ2) is 9.72. The second-order valence-electron chi connectivity index (χ2n) is 8.05. The highest BCUT2D eigenvalue weighted by atomic mass is 16.5. The highest BCUT2D eigenvalue weighted by Gasteiger charge is 2.20. The fraction of sp³-hybridized carbons (Fsp3) is 0.269. The highest BCUT2D eigenvalue weighted by molar-refractivity contribution is 5.85. The van der Waals surface area contributed by atoms with Gasteiger partial charge in [0.1, 0.15) is 0 Å². The molecule has 168 valence electrons. The summed E-state index contributed by atoms with van der Waals surface area (Å²) in [5.41, 5.74) is 5.26. The highest BCUT2D eigenvalue weighted by Crippen LogP contribution is 2.36. The summed E-state index contributed by atoms with van der Waals surface area (Å²) in [6.45, 7) is 4.52. The molecule has 2 aromatic heterocycles. The van der Waals surface area contributed by atoms with Crippen molar-refractivity contribution >= 4 is 5.65 Å².